The summed E-state index contributed by atoms with van der Waals surface area (Å²) in [4.78, 5) is 26.3. The Morgan fingerprint density at radius 3 is 1.74 bits per heavy atom. The third-order valence-corrected chi connectivity index (χ3v) is 4.06. The number of carbonyl (C=O) groups excluding carboxylic acids is 2. The van der Waals surface area contributed by atoms with Crippen LogP contribution in [-0.2, 0) is 0 Å². The number of carbonyl (C=O) groups is 2. The van der Waals surface area contributed by atoms with Crippen LogP contribution in [0.2, 0.25) is 0 Å². The maximum absolute atomic E-state index is 13.1. The van der Waals surface area contributed by atoms with Gasteiger partial charge >= 0.3 is 0 Å². The summed E-state index contributed by atoms with van der Waals surface area (Å²) in [5.41, 5.74) is 6.22. The lowest BCUT2D eigenvalue weighted by atomic mass is 9.69. The van der Waals surface area contributed by atoms with Crippen LogP contribution < -0.4 is 5.73 Å². The Kier molecular flexibility index (Phi) is 3.94. The molecule has 0 unspecified atom stereocenters. The van der Waals surface area contributed by atoms with Crippen molar-refractivity contribution in [1.82, 2.24) is 0 Å². The van der Waals surface area contributed by atoms with Crippen LogP contribution in [0.5, 0.6) is 0 Å². The molecule has 3 heteroatoms. The van der Waals surface area contributed by atoms with Gasteiger partial charge in [0.05, 0.1) is 0 Å². The summed E-state index contributed by atoms with van der Waals surface area (Å²) < 4.78 is 0. The number of ketones is 2. The topological polar surface area (TPSA) is 60.2 Å². The SMILES string of the molecule is NC1=CC=CC(C(=O)c2ccccc2)(C(=O)c2ccccc2)C1. The maximum Gasteiger partial charge on any atom is 0.180 e. The van der Waals surface area contributed by atoms with Gasteiger partial charge in [0.1, 0.15) is 5.41 Å². The van der Waals surface area contributed by atoms with E-state index in [1.807, 2.05) is 12.1 Å². The Morgan fingerprint density at radius 1 is 0.826 bits per heavy atom. The molecule has 2 aromatic carbocycles. The van der Waals surface area contributed by atoms with Gasteiger partial charge in [0.2, 0.25) is 0 Å². The second kappa shape index (κ2) is 6.05. The minimum atomic E-state index is -1.28. The van der Waals surface area contributed by atoms with Gasteiger partial charge in [0.15, 0.2) is 11.6 Å². The summed E-state index contributed by atoms with van der Waals surface area (Å²) in [7, 11) is 0. The van der Waals surface area contributed by atoms with Gasteiger partial charge in [-0.05, 0) is 6.08 Å². The van der Waals surface area contributed by atoms with Gasteiger partial charge in [-0.3, -0.25) is 9.59 Å². The Labute approximate surface area is 135 Å². The normalized spacial score (nSPS) is 15.7. The van der Waals surface area contributed by atoms with Crippen molar-refractivity contribution in [3.05, 3.63) is 95.7 Å². The molecule has 0 aromatic heterocycles. The Bertz CT molecular complexity index is 737. The highest BCUT2D eigenvalue weighted by atomic mass is 16.2. The molecule has 0 heterocycles. The van der Waals surface area contributed by atoms with Gasteiger partial charge in [0, 0.05) is 23.2 Å². The first-order chi connectivity index (χ1) is 11.1. The predicted octanol–water partition coefficient (Wildman–Crippen LogP) is 3.54. The molecule has 3 rings (SSSR count). The molecule has 0 atom stereocenters. The van der Waals surface area contributed by atoms with Crippen molar-refractivity contribution in [3.63, 3.8) is 0 Å². The van der Waals surface area contributed by atoms with Gasteiger partial charge in [-0.25, -0.2) is 0 Å². The van der Waals surface area contributed by atoms with Crippen LogP contribution in [0, 0.1) is 5.41 Å². The Morgan fingerprint density at radius 2 is 1.30 bits per heavy atom. The molecule has 0 spiro atoms. The zero-order valence-electron chi connectivity index (χ0n) is 12.6. The highest BCUT2D eigenvalue weighted by Crippen LogP contribution is 2.37. The number of Topliss-reactive ketones (excluding diaryl/α,β-unsaturated/α-hetero) is 2. The van der Waals surface area contributed by atoms with Crippen molar-refractivity contribution >= 4 is 11.6 Å². The van der Waals surface area contributed by atoms with E-state index in [4.69, 9.17) is 5.73 Å². The average molecular weight is 303 g/mol. The quantitative estimate of drug-likeness (QED) is 0.694. The number of hydrogen-bond acceptors (Lipinski definition) is 3. The van der Waals surface area contributed by atoms with Crippen molar-refractivity contribution in [1.29, 1.82) is 0 Å². The van der Waals surface area contributed by atoms with Crippen LogP contribution >= 0.6 is 0 Å². The molecule has 114 valence electrons. The van der Waals surface area contributed by atoms with Crippen LogP contribution in [0.1, 0.15) is 27.1 Å². The summed E-state index contributed by atoms with van der Waals surface area (Å²) in [6.45, 7) is 0. The standard InChI is InChI=1S/C20H17NO2/c21-17-12-7-13-20(14-17,18(22)15-8-3-1-4-9-15)19(23)16-10-5-2-6-11-16/h1-13H,14,21H2. The number of allylic oxidation sites excluding steroid dienone is 4. The van der Waals surface area contributed by atoms with Crippen LogP contribution in [0.25, 0.3) is 0 Å². The zero-order valence-corrected chi connectivity index (χ0v) is 12.6. The molecule has 1 aliphatic carbocycles. The van der Waals surface area contributed by atoms with E-state index in [-0.39, 0.29) is 18.0 Å². The highest BCUT2D eigenvalue weighted by Gasteiger charge is 2.45. The monoisotopic (exact) mass is 303 g/mol. The first kappa shape index (κ1) is 15.0. The lowest BCUT2D eigenvalue weighted by molar-refractivity contribution is 0.0723. The van der Waals surface area contributed by atoms with Crippen LogP contribution in [0.15, 0.2) is 84.6 Å². The molecule has 0 aliphatic heterocycles. The van der Waals surface area contributed by atoms with Crippen molar-refractivity contribution in [3.8, 4) is 0 Å². The summed E-state index contributed by atoms with van der Waals surface area (Å²) in [5.74, 6) is -0.446. The van der Waals surface area contributed by atoms with Crippen molar-refractivity contribution < 1.29 is 9.59 Å². The number of nitrogens with two attached hydrogens (primary N) is 1. The second-order valence-corrected chi connectivity index (χ2v) is 5.64. The minimum absolute atomic E-state index is 0.199. The van der Waals surface area contributed by atoms with E-state index in [9.17, 15) is 9.59 Å². The molecule has 0 bridgehead atoms. The first-order valence-electron chi connectivity index (χ1n) is 7.47. The molecule has 0 saturated heterocycles. The van der Waals surface area contributed by atoms with Crippen molar-refractivity contribution in [2.24, 2.45) is 11.1 Å². The lowest BCUT2D eigenvalue weighted by Gasteiger charge is -2.30. The first-order valence-corrected chi connectivity index (χ1v) is 7.47. The molecule has 0 radical (unpaired) electrons. The fourth-order valence-electron chi connectivity index (χ4n) is 2.89. The molecule has 0 amide bonds. The van der Waals surface area contributed by atoms with E-state index >= 15 is 0 Å². The molecule has 1 aliphatic rings. The second-order valence-electron chi connectivity index (χ2n) is 5.64. The van der Waals surface area contributed by atoms with Gasteiger partial charge in [-0.2, -0.15) is 0 Å². The fourth-order valence-corrected chi connectivity index (χ4v) is 2.89. The van der Waals surface area contributed by atoms with E-state index in [1.165, 1.54) is 0 Å². The van der Waals surface area contributed by atoms with Crippen molar-refractivity contribution in [2.75, 3.05) is 0 Å². The molecular formula is C20H17NO2. The van der Waals surface area contributed by atoms with E-state index in [2.05, 4.69) is 0 Å². The summed E-state index contributed by atoms with van der Waals surface area (Å²) in [5, 5.41) is 0. The average Bonchev–Trinajstić information content (AvgIpc) is 2.62. The van der Waals surface area contributed by atoms with Gasteiger partial charge in [0.25, 0.3) is 0 Å². The molecule has 2 N–H and O–H groups in total. The molecule has 23 heavy (non-hydrogen) atoms. The molecular weight excluding hydrogens is 286 g/mol. The predicted molar refractivity (Wildman–Crippen MR) is 90.0 cm³/mol. The molecule has 0 saturated carbocycles. The highest BCUT2D eigenvalue weighted by molar-refractivity contribution is 6.21. The van der Waals surface area contributed by atoms with Gasteiger partial charge in [-0.1, -0.05) is 72.8 Å². The summed E-state index contributed by atoms with van der Waals surface area (Å²) >= 11 is 0. The van der Waals surface area contributed by atoms with Crippen LogP contribution in [-0.4, -0.2) is 11.6 Å². The van der Waals surface area contributed by atoms with E-state index in [0.29, 0.717) is 16.8 Å². The maximum atomic E-state index is 13.1. The van der Waals surface area contributed by atoms with E-state index in [1.54, 1.807) is 66.8 Å². The summed E-state index contributed by atoms with van der Waals surface area (Å²) in [6, 6.07) is 17.8. The van der Waals surface area contributed by atoms with E-state index in [0.717, 1.165) is 0 Å². The minimum Gasteiger partial charge on any atom is -0.402 e. The molecule has 3 nitrogen and oxygen atoms in total. The number of rotatable bonds is 4. The number of hydrogen-bond donors (Lipinski definition) is 1. The van der Waals surface area contributed by atoms with Crippen LogP contribution in [0.3, 0.4) is 0 Å². The lowest BCUT2D eigenvalue weighted by Crippen LogP contribution is -2.40. The smallest absolute Gasteiger partial charge is 0.180 e. The fraction of sp³-hybridized carbons (Fsp3) is 0.100. The van der Waals surface area contributed by atoms with Crippen molar-refractivity contribution in [2.45, 2.75) is 6.42 Å². The molecule has 2 aromatic rings. The van der Waals surface area contributed by atoms with Crippen LogP contribution in [0.4, 0.5) is 0 Å². The molecule has 0 fully saturated rings. The van der Waals surface area contributed by atoms with Gasteiger partial charge < -0.3 is 5.73 Å². The third-order valence-electron chi connectivity index (χ3n) is 4.06. The number of benzene rings is 2. The van der Waals surface area contributed by atoms with E-state index < -0.39 is 5.41 Å². The largest absolute Gasteiger partial charge is 0.402 e. The Balaban J connectivity index is 2.09. The summed E-state index contributed by atoms with van der Waals surface area (Å²) in [6.07, 6.45) is 5.30. The Hall–Kier alpha value is -2.94. The zero-order chi connectivity index (χ0) is 16.3. The third kappa shape index (κ3) is 2.73. The van der Waals surface area contributed by atoms with Gasteiger partial charge in [-0.15, -0.1) is 0 Å².